The van der Waals surface area contributed by atoms with Crippen molar-refractivity contribution in [2.24, 2.45) is 5.73 Å². The Morgan fingerprint density at radius 3 is 2.16 bits per heavy atom. The zero-order valence-corrected chi connectivity index (χ0v) is 11.5. The first kappa shape index (κ1) is 14.2. The van der Waals surface area contributed by atoms with Crippen LogP contribution in [0.5, 0.6) is 0 Å². The van der Waals surface area contributed by atoms with Crippen molar-refractivity contribution in [1.82, 2.24) is 4.90 Å². The zero-order valence-electron chi connectivity index (χ0n) is 11.5. The summed E-state index contributed by atoms with van der Waals surface area (Å²) in [5, 5.41) is 0. The topological polar surface area (TPSA) is 32.5 Å². The lowest BCUT2D eigenvalue weighted by atomic mass is 10.1. The largest absolute Gasteiger partial charge is 0.364 e. The maximum absolute atomic E-state index is 14.1. The minimum atomic E-state index is -0.486. The summed E-state index contributed by atoms with van der Waals surface area (Å²) in [4.78, 5) is 3.93. The molecular weight excluding hydrogens is 248 g/mol. The third-order valence-electron chi connectivity index (χ3n) is 3.45. The Balaban J connectivity index is 2.21. The number of benzene rings is 1. The Morgan fingerprint density at radius 1 is 1.16 bits per heavy atom. The van der Waals surface area contributed by atoms with Crippen molar-refractivity contribution in [3.8, 4) is 0 Å². The van der Waals surface area contributed by atoms with Crippen molar-refractivity contribution in [2.45, 2.75) is 19.4 Å². The minimum Gasteiger partial charge on any atom is -0.364 e. The van der Waals surface area contributed by atoms with Gasteiger partial charge in [0, 0.05) is 32.2 Å². The van der Waals surface area contributed by atoms with Gasteiger partial charge in [-0.15, -0.1) is 0 Å². The lowest BCUT2D eigenvalue weighted by molar-refractivity contribution is 0.310. The van der Waals surface area contributed by atoms with Gasteiger partial charge in [0.15, 0.2) is 0 Å². The quantitative estimate of drug-likeness (QED) is 0.905. The summed E-state index contributed by atoms with van der Waals surface area (Å²) < 4.78 is 28.2. The molecule has 1 aromatic rings. The van der Waals surface area contributed by atoms with E-state index in [1.165, 1.54) is 12.1 Å². The number of anilines is 1. The summed E-state index contributed by atoms with van der Waals surface area (Å²) in [5.41, 5.74) is 6.37. The lowest BCUT2D eigenvalue weighted by Crippen LogP contribution is -2.45. The molecule has 1 aromatic carbocycles. The first-order valence-electron chi connectivity index (χ1n) is 6.64. The number of nitrogens with two attached hydrogens (primary N) is 1. The number of piperazine rings is 1. The molecule has 3 nitrogen and oxygen atoms in total. The van der Waals surface area contributed by atoms with Gasteiger partial charge in [-0.25, -0.2) is 8.78 Å². The Kier molecular flexibility index (Phi) is 4.37. The summed E-state index contributed by atoms with van der Waals surface area (Å²) in [6.45, 7) is 4.76. The van der Waals surface area contributed by atoms with Gasteiger partial charge in [0.1, 0.15) is 17.3 Å². The summed E-state index contributed by atoms with van der Waals surface area (Å²) >= 11 is 0. The van der Waals surface area contributed by atoms with E-state index in [1.807, 2.05) is 14.0 Å². The molecule has 0 radical (unpaired) electrons. The highest BCUT2D eigenvalue weighted by molar-refractivity contribution is 5.51. The maximum atomic E-state index is 14.1. The van der Waals surface area contributed by atoms with Crippen LogP contribution in [0.3, 0.4) is 0 Å². The molecule has 1 saturated heterocycles. The molecule has 1 unspecified atom stereocenters. The third-order valence-corrected chi connectivity index (χ3v) is 3.45. The summed E-state index contributed by atoms with van der Waals surface area (Å²) in [7, 11) is 2.01. The van der Waals surface area contributed by atoms with Gasteiger partial charge in [0.2, 0.25) is 0 Å². The Morgan fingerprint density at radius 2 is 1.68 bits per heavy atom. The van der Waals surface area contributed by atoms with E-state index >= 15 is 0 Å². The highest BCUT2D eigenvalue weighted by Gasteiger charge is 2.21. The molecule has 0 amide bonds. The average molecular weight is 269 g/mol. The molecule has 1 aliphatic rings. The second kappa shape index (κ2) is 5.84. The smallest absolute Gasteiger partial charge is 0.149 e. The van der Waals surface area contributed by atoms with Gasteiger partial charge in [-0.1, -0.05) is 0 Å². The van der Waals surface area contributed by atoms with Gasteiger partial charge in [0.05, 0.1) is 0 Å². The normalized spacial score (nSPS) is 18.7. The fourth-order valence-corrected chi connectivity index (χ4v) is 2.44. The predicted octanol–water partition coefficient (Wildman–Crippen LogP) is 1.61. The molecule has 0 saturated carbocycles. The van der Waals surface area contributed by atoms with Crippen LogP contribution in [0.2, 0.25) is 0 Å². The summed E-state index contributed by atoms with van der Waals surface area (Å²) in [5.74, 6) is -0.972. The zero-order chi connectivity index (χ0) is 14.0. The van der Waals surface area contributed by atoms with E-state index in [0.29, 0.717) is 25.1 Å². The van der Waals surface area contributed by atoms with Crippen LogP contribution in [0, 0.1) is 11.6 Å². The molecule has 0 aliphatic carbocycles. The average Bonchev–Trinajstić information content (AvgIpc) is 2.29. The molecule has 1 aliphatic heterocycles. The lowest BCUT2D eigenvalue weighted by Gasteiger charge is -2.34. The van der Waals surface area contributed by atoms with Gasteiger partial charge < -0.3 is 15.5 Å². The molecular formula is C14H21F2N3. The molecule has 5 heteroatoms. The SMILES string of the molecule is CC(N)Cc1cc(F)c(N2CCN(C)CC2)c(F)c1. The second-order valence-corrected chi connectivity index (χ2v) is 5.38. The van der Waals surface area contributed by atoms with Crippen LogP contribution in [-0.2, 0) is 6.42 Å². The highest BCUT2D eigenvalue weighted by Crippen LogP contribution is 2.26. The van der Waals surface area contributed by atoms with Crippen molar-refractivity contribution in [3.63, 3.8) is 0 Å². The number of likely N-dealkylation sites (N-methyl/N-ethyl adjacent to an activating group) is 1. The van der Waals surface area contributed by atoms with E-state index < -0.39 is 11.6 Å². The van der Waals surface area contributed by atoms with E-state index in [4.69, 9.17) is 5.73 Å². The van der Waals surface area contributed by atoms with Gasteiger partial charge in [-0.3, -0.25) is 0 Å². The maximum Gasteiger partial charge on any atom is 0.149 e. The van der Waals surface area contributed by atoms with Gasteiger partial charge in [-0.2, -0.15) is 0 Å². The number of rotatable bonds is 3. The molecule has 2 rings (SSSR count). The molecule has 0 bridgehead atoms. The molecule has 0 aromatic heterocycles. The Bertz CT molecular complexity index is 417. The highest BCUT2D eigenvalue weighted by atomic mass is 19.1. The molecule has 0 spiro atoms. The molecule has 1 heterocycles. The van der Waals surface area contributed by atoms with Gasteiger partial charge in [-0.05, 0) is 38.1 Å². The van der Waals surface area contributed by atoms with Crippen molar-refractivity contribution < 1.29 is 8.78 Å². The van der Waals surface area contributed by atoms with E-state index in [2.05, 4.69) is 4.90 Å². The number of halogens is 2. The number of hydrogen-bond donors (Lipinski definition) is 1. The van der Waals surface area contributed by atoms with Crippen molar-refractivity contribution in [1.29, 1.82) is 0 Å². The van der Waals surface area contributed by atoms with Gasteiger partial charge in [0.25, 0.3) is 0 Å². The molecule has 1 atom stereocenters. The molecule has 106 valence electrons. The van der Waals surface area contributed by atoms with Crippen LogP contribution in [0.1, 0.15) is 12.5 Å². The van der Waals surface area contributed by atoms with Crippen molar-refractivity contribution >= 4 is 5.69 Å². The number of nitrogens with zero attached hydrogens (tertiary/aromatic N) is 2. The molecule has 2 N–H and O–H groups in total. The van der Waals surface area contributed by atoms with Crippen LogP contribution in [-0.4, -0.2) is 44.2 Å². The van der Waals surface area contributed by atoms with Crippen molar-refractivity contribution in [2.75, 3.05) is 38.1 Å². The van der Waals surface area contributed by atoms with Crippen LogP contribution < -0.4 is 10.6 Å². The fraction of sp³-hybridized carbons (Fsp3) is 0.571. The van der Waals surface area contributed by atoms with Gasteiger partial charge >= 0.3 is 0 Å². The van der Waals surface area contributed by atoms with Crippen LogP contribution in [0.4, 0.5) is 14.5 Å². The minimum absolute atomic E-state index is 0.0986. The monoisotopic (exact) mass is 269 g/mol. The van der Waals surface area contributed by atoms with E-state index in [-0.39, 0.29) is 11.7 Å². The Hall–Kier alpha value is -1.20. The van der Waals surface area contributed by atoms with Crippen LogP contribution in [0.15, 0.2) is 12.1 Å². The standard InChI is InChI=1S/C14H21F2N3/c1-10(17)7-11-8-12(15)14(13(16)9-11)19-5-3-18(2)4-6-19/h8-10H,3-7,17H2,1-2H3. The first-order valence-corrected chi connectivity index (χ1v) is 6.64. The van der Waals surface area contributed by atoms with Crippen LogP contribution >= 0.6 is 0 Å². The fourth-order valence-electron chi connectivity index (χ4n) is 2.44. The van der Waals surface area contributed by atoms with Crippen LogP contribution in [0.25, 0.3) is 0 Å². The summed E-state index contributed by atoms with van der Waals surface area (Å²) in [6.07, 6.45) is 0.483. The van der Waals surface area contributed by atoms with E-state index in [9.17, 15) is 8.78 Å². The summed E-state index contributed by atoms with van der Waals surface area (Å²) in [6, 6.07) is 2.70. The predicted molar refractivity (Wildman–Crippen MR) is 73.4 cm³/mol. The number of hydrogen-bond acceptors (Lipinski definition) is 3. The molecule has 1 fully saturated rings. The first-order chi connectivity index (χ1) is 8.97. The van der Waals surface area contributed by atoms with E-state index in [0.717, 1.165) is 13.1 Å². The second-order valence-electron chi connectivity index (χ2n) is 5.38. The Labute approximate surface area is 113 Å². The molecule has 19 heavy (non-hydrogen) atoms. The van der Waals surface area contributed by atoms with Crippen molar-refractivity contribution in [3.05, 3.63) is 29.3 Å². The third kappa shape index (κ3) is 3.42. The van der Waals surface area contributed by atoms with E-state index in [1.54, 1.807) is 4.90 Å².